The van der Waals surface area contributed by atoms with Crippen LogP contribution >= 0.6 is 11.6 Å². The van der Waals surface area contributed by atoms with Crippen molar-refractivity contribution < 1.29 is 0 Å². The van der Waals surface area contributed by atoms with Gasteiger partial charge in [0.25, 0.3) is 5.56 Å². The maximum Gasteiger partial charge on any atom is 0.265 e. The summed E-state index contributed by atoms with van der Waals surface area (Å²) in [7, 11) is 0. The van der Waals surface area contributed by atoms with Crippen LogP contribution in [-0.4, -0.2) is 24.1 Å². The van der Waals surface area contributed by atoms with Crippen molar-refractivity contribution >= 4 is 44.8 Å². The predicted molar refractivity (Wildman–Crippen MR) is 136 cm³/mol. The normalized spacial score (nSPS) is 11.6. The Kier molecular flexibility index (Phi) is 4.71. The Bertz CT molecular complexity index is 1780. The number of rotatable bonds is 3. The fourth-order valence-electron chi connectivity index (χ4n) is 4.24. The average Bonchev–Trinajstić information content (AvgIpc) is 3.16. The fraction of sp³-hybridized carbons (Fsp3) is 0.111. The van der Waals surface area contributed by atoms with Crippen LogP contribution in [0.1, 0.15) is 16.7 Å². The molecule has 3 heterocycles. The molecule has 0 atom stereocenters. The molecule has 0 aliphatic rings. The number of hydrogen-bond acceptors (Lipinski definition) is 4. The third kappa shape index (κ3) is 3.26. The molecule has 0 N–H and O–H groups in total. The molecule has 0 bridgehead atoms. The van der Waals surface area contributed by atoms with Gasteiger partial charge < -0.3 is 0 Å². The predicted octanol–water partition coefficient (Wildman–Crippen LogP) is 5.60. The molecule has 6 nitrogen and oxygen atoms in total. The lowest BCUT2D eigenvalue weighted by Crippen LogP contribution is -2.21. The summed E-state index contributed by atoms with van der Waals surface area (Å²) in [6, 6.07) is 21.5. The van der Waals surface area contributed by atoms with Gasteiger partial charge in [0.1, 0.15) is 17.2 Å². The van der Waals surface area contributed by atoms with E-state index in [4.69, 9.17) is 26.6 Å². The number of hydrogen-bond donors (Lipinski definition) is 0. The van der Waals surface area contributed by atoms with E-state index in [-0.39, 0.29) is 5.56 Å². The van der Waals surface area contributed by atoms with Gasteiger partial charge in [-0.25, -0.2) is 15.0 Å². The van der Waals surface area contributed by atoms with E-state index in [9.17, 15) is 4.79 Å². The van der Waals surface area contributed by atoms with Gasteiger partial charge in [0.05, 0.1) is 23.3 Å². The summed E-state index contributed by atoms with van der Waals surface area (Å²) in [5.41, 5.74) is 6.88. The number of fused-ring (bicyclic) bond motifs is 4. The van der Waals surface area contributed by atoms with Crippen molar-refractivity contribution in [1.82, 2.24) is 24.1 Å². The molecule has 0 aliphatic carbocycles. The highest BCUT2D eigenvalue weighted by atomic mass is 35.5. The van der Waals surface area contributed by atoms with Crippen LogP contribution in [0, 0.1) is 13.8 Å². The van der Waals surface area contributed by atoms with Crippen LogP contribution in [0.2, 0.25) is 5.02 Å². The highest BCUT2D eigenvalue weighted by molar-refractivity contribution is 6.31. The van der Waals surface area contributed by atoms with E-state index in [1.165, 1.54) is 5.56 Å². The Morgan fingerprint density at radius 3 is 2.35 bits per heavy atom. The third-order valence-corrected chi connectivity index (χ3v) is 6.52. The van der Waals surface area contributed by atoms with Crippen molar-refractivity contribution in [1.29, 1.82) is 0 Å². The molecular formula is C27H20ClN5O. The number of para-hydroxylation sites is 2. The lowest BCUT2D eigenvalue weighted by Gasteiger charge is -2.09. The Balaban J connectivity index is 1.67. The van der Waals surface area contributed by atoms with Crippen molar-refractivity contribution in [2.24, 2.45) is 0 Å². The first-order valence-electron chi connectivity index (χ1n) is 11.0. The molecule has 0 saturated carbocycles. The van der Waals surface area contributed by atoms with Crippen LogP contribution in [0.15, 0.2) is 77.9 Å². The molecular weight excluding hydrogens is 446 g/mol. The van der Waals surface area contributed by atoms with Gasteiger partial charge in [-0.15, -0.1) is 0 Å². The zero-order valence-electron chi connectivity index (χ0n) is 18.7. The van der Waals surface area contributed by atoms with Crippen molar-refractivity contribution in [3.63, 3.8) is 0 Å². The van der Waals surface area contributed by atoms with Crippen LogP contribution in [0.25, 0.3) is 38.9 Å². The van der Waals surface area contributed by atoms with Crippen molar-refractivity contribution in [2.75, 3.05) is 0 Å². The molecule has 0 amide bonds. The Morgan fingerprint density at radius 1 is 0.882 bits per heavy atom. The maximum absolute atomic E-state index is 13.7. The largest absolute Gasteiger partial charge is 0.294 e. The van der Waals surface area contributed by atoms with Crippen LogP contribution in [0.3, 0.4) is 0 Å². The Labute approximate surface area is 200 Å². The van der Waals surface area contributed by atoms with E-state index >= 15 is 0 Å². The third-order valence-electron chi connectivity index (χ3n) is 6.12. The molecule has 0 aliphatic heterocycles. The fourth-order valence-corrected chi connectivity index (χ4v) is 4.42. The van der Waals surface area contributed by atoms with E-state index in [0.29, 0.717) is 33.8 Å². The number of aryl methyl sites for hydroxylation is 2. The monoisotopic (exact) mass is 465 g/mol. The summed E-state index contributed by atoms with van der Waals surface area (Å²) >= 11 is 6.45. The summed E-state index contributed by atoms with van der Waals surface area (Å²) in [5.74, 6) is 0. The minimum absolute atomic E-state index is 0.155. The van der Waals surface area contributed by atoms with Crippen LogP contribution in [0.5, 0.6) is 0 Å². The highest BCUT2D eigenvalue weighted by Crippen LogP contribution is 2.30. The number of benzene rings is 3. The summed E-state index contributed by atoms with van der Waals surface area (Å²) in [5, 5.41) is 1.08. The van der Waals surface area contributed by atoms with Gasteiger partial charge in [-0.3, -0.25) is 13.9 Å². The second-order valence-corrected chi connectivity index (χ2v) is 8.92. The van der Waals surface area contributed by atoms with E-state index in [0.717, 1.165) is 27.8 Å². The van der Waals surface area contributed by atoms with Crippen LogP contribution in [-0.2, 0) is 6.54 Å². The molecule has 3 aromatic carbocycles. The number of nitrogens with zero attached hydrogens (tertiary/aromatic N) is 5. The molecule has 7 heteroatoms. The number of aromatic nitrogens is 5. The molecule has 6 rings (SSSR count). The van der Waals surface area contributed by atoms with Gasteiger partial charge in [-0.1, -0.05) is 59.6 Å². The second-order valence-electron chi connectivity index (χ2n) is 8.52. The minimum atomic E-state index is -0.155. The van der Waals surface area contributed by atoms with Gasteiger partial charge in [0.2, 0.25) is 0 Å². The SMILES string of the molecule is Cc1ccc(Cn2cnc3c(c2=O)c2nc4ccccc4nc2n3-c2ccc(C)c(Cl)c2)cc1. The summed E-state index contributed by atoms with van der Waals surface area (Å²) < 4.78 is 3.49. The van der Waals surface area contributed by atoms with Crippen molar-refractivity contribution in [2.45, 2.75) is 20.4 Å². The van der Waals surface area contributed by atoms with Gasteiger partial charge in [-0.2, -0.15) is 0 Å². The van der Waals surface area contributed by atoms with Gasteiger partial charge in [0.15, 0.2) is 11.3 Å². The van der Waals surface area contributed by atoms with Gasteiger partial charge >= 0.3 is 0 Å². The molecule has 3 aromatic heterocycles. The quantitative estimate of drug-likeness (QED) is 0.341. The first-order valence-corrected chi connectivity index (χ1v) is 11.4. The van der Waals surface area contributed by atoms with Crippen molar-refractivity contribution in [3.8, 4) is 5.69 Å². The van der Waals surface area contributed by atoms with Crippen LogP contribution in [0.4, 0.5) is 0 Å². The van der Waals surface area contributed by atoms with Crippen LogP contribution < -0.4 is 5.56 Å². The number of halogens is 1. The lowest BCUT2D eigenvalue weighted by molar-refractivity contribution is 0.746. The minimum Gasteiger partial charge on any atom is -0.294 e. The van der Waals surface area contributed by atoms with Crippen molar-refractivity contribution in [3.05, 3.63) is 105 Å². The van der Waals surface area contributed by atoms with E-state index in [2.05, 4.69) is 0 Å². The smallest absolute Gasteiger partial charge is 0.265 e. The molecule has 0 unspecified atom stereocenters. The second kappa shape index (κ2) is 7.78. The van der Waals surface area contributed by atoms with Gasteiger partial charge in [0, 0.05) is 5.02 Å². The highest BCUT2D eigenvalue weighted by Gasteiger charge is 2.21. The molecule has 0 fully saturated rings. The average molecular weight is 466 g/mol. The first-order chi connectivity index (χ1) is 16.5. The standard InChI is InChI=1S/C27H20ClN5O/c1-16-7-10-18(11-8-16)14-32-15-29-25-23(27(32)34)24-26(31-22-6-4-3-5-21(22)30-24)33(25)19-12-9-17(2)20(28)13-19/h3-13,15H,14H2,1-2H3. The van der Waals surface area contributed by atoms with E-state index in [1.54, 1.807) is 10.9 Å². The lowest BCUT2D eigenvalue weighted by atomic mass is 10.1. The Hall–Kier alpha value is -4.03. The topological polar surface area (TPSA) is 65.6 Å². The van der Waals surface area contributed by atoms with Gasteiger partial charge in [-0.05, 0) is 49.2 Å². The first kappa shape index (κ1) is 20.6. The Morgan fingerprint density at radius 2 is 1.62 bits per heavy atom. The molecule has 6 aromatic rings. The maximum atomic E-state index is 13.7. The zero-order valence-corrected chi connectivity index (χ0v) is 19.4. The molecule has 0 radical (unpaired) electrons. The zero-order chi connectivity index (χ0) is 23.4. The summed E-state index contributed by atoms with van der Waals surface area (Å²) in [6.45, 7) is 4.41. The van der Waals surface area contributed by atoms with E-state index < -0.39 is 0 Å². The summed E-state index contributed by atoms with van der Waals surface area (Å²) in [6.07, 6.45) is 1.59. The van der Waals surface area contributed by atoms with E-state index in [1.807, 2.05) is 85.1 Å². The summed E-state index contributed by atoms with van der Waals surface area (Å²) in [4.78, 5) is 28.2. The molecule has 34 heavy (non-hydrogen) atoms. The molecule has 0 saturated heterocycles. The molecule has 166 valence electrons. The molecule has 0 spiro atoms.